The third-order valence-electron chi connectivity index (χ3n) is 7.26. The van der Waals surface area contributed by atoms with Crippen molar-refractivity contribution >= 4 is 26.6 Å². The first-order valence-electron chi connectivity index (χ1n) is 12.2. The van der Waals surface area contributed by atoms with Crippen LogP contribution in [0.2, 0.25) is 0 Å². The van der Waals surface area contributed by atoms with Crippen LogP contribution in [0.3, 0.4) is 0 Å². The standard InChI is InChI=1S/C28H29N3O4S/c1-20-10-12-24(13-11-20)36(33,34)31-17-22-16-23-18-29(28(32)35-19-21-6-3-2-4-7-21)14-15-30(23)25-8-5-9-26(31)27(22)25/h2-13,17,23,28,32H,14-16,18-19H2,1H3. The smallest absolute Gasteiger partial charge is 0.268 e. The summed E-state index contributed by atoms with van der Waals surface area (Å²) in [5, 5.41) is 11.7. The largest absolute Gasteiger partial charge is 0.365 e. The Bertz CT molecular complexity index is 1500. The zero-order valence-corrected chi connectivity index (χ0v) is 20.9. The topological polar surface area (TPSA) is 75.0 Å². The van der Waals surface area contributed by atoms with E-state index in [1.54, 1.807) is 18.3 Å². The molecule has 2 atom stereocenters. The second kappa shape index (κ2) is 9.05. The fourth-order valence-electron chi connectivity index (χ4n) is 5.41. The molecule has 4 aromatic rings. The first-order valence-corrected chi connectivity index (χ1v) is 13.7. The molecule has 1 saturated heterocycles. The molecule has 0 aliphatic carbocycles. The molecule has 1 aromatic heterocycles. The number of nitrogens with zero attached hydrogens (tertiary/aromatic N) is 3. The van der Waals surface area contributed by atoms with Crippen LogP contribution in [0.1, 0.15) is 16.7 Å². The molecule has 3 aromatic carbocycles. The predicted octanol–water partition coefficient (Wildman–Crippen LogP) is 3.73. The Labute approximate surface area is 211 Å². The summed E-state index contributed by atoms with van der Waals surface area (Å²) in [5.41, 5.74) is 4.80. The third kappa shape index (κ3) is 4.00. The van der Waals surface area contributed by atoms with Gasteiger partial charge in [0.25, 0.3) is 10.0 Å². The molecule has 0 radical (unpaired) electrons. The lowest BCUT2D eigenvalue weighted by Gasteiger charge is -2.46. The fraction of sp³-hybridized carbons (Fsp3) is 0.286. The molecule has 0 bridgehead atoms. The van der Waals surface area contributed by atoms with Crippen molar-refractivity contribution in [1.29, 1.82) is 0 Å². The van der Waals surface area contributed by atoms with Gasteiger partial charge in [-0.1, -0.05) is 54.1 Å². The van der Waals surface area contributed by atoms with Gasteiger partial charge in [0, 0.05) is 42.9 Å². The van der Waals surface area contributed by atoms with Gasteiger partial charge in [-0.2, -0.15) is 0 Å². The molecule has 1 N–H and O–H groups in total. The quantitative estimate of drug-likeness (QED) is 0.404. The minimum Gasteiger partial charge on any atom is -0.365 e. The van der Waals surface area contributed by atoms with Gasteiger partial charge in [0.1, 0.15) is 0 Å². The van der Waals surface area contributed by atoms with Crippen molar-refractivity contribution in [1.82, 2.24) is 8.87 Å². The van der Waals surface area contributed by atoms with Crippen LogP contribution in [0.25, 0.3) is 10.9 Å². The molecule has 0 saturated carbocycles. The van der Waals surface area contributed by atoms with E-state index >= 15 is 0 Å². The second-order valence-electron chi connectivity index (χ2n) is 9.61. The maximum absolute atomic E-state index is 13.6. The average Bonchev–Trinajstić information content (AvgIpc) is 3.28. The van der Waals surface area contributed by atoms with Crippen molar-refractivity contribution < 1.29 is 18.3 Å². The fourth-order valence-corrected chi connectivity index (χ4v) is 6.79. The van der Waals surface area contributed by atoms with Crippen molar-refractivity contribution in [2.75, 3.05) is 24.5 Å². The highest BCUT2D eigenvalue weighted by Gasteiger charge is 2.36. The van der Waals surface area contributed by atoms with E-state index in [-0.39, 0.29) is 10.9 Å². The molecule has 3 heterocycles. The molecule has 186 valence electrons. The van der Waals surface area contributed by atoms with Gasteiger partial charge in [0.15, 0.2) is 0 Å². The number of benzene rings is 3. The van der Waals surface area contributed by atoms with Crippen molar-refractivity contribution in [3.8, 4) is 0 Å². The molecule has 7 nitrogen and oxygen atoms in total. The van der Waals surface area contributed by atoms with E-state index in [4.69, 9.17) is 4.74 Å². The molecule has 6 rings (SSSR count). The van der Waals surface area contributed by atoms with Crippen molar-refractivity contribution in [2.24, 2.45) is 0 Å². The molecule has 0 spiro atoms. The van der Waals surface area contributed by atoms with Crippen molar-refractivity contribution in [2.45, 2.75) is 37.3 Å². The molecule has 2 aliphatic rings. The minimum atomic E-state index is -3.72. The van der Waals surface area contributed by atoms with Crippen LogP contribution >= 0.6 is 0 Å². The summed E-state index contributed by atoms with van der Waals surface area (Å²) in [6, 6.07) is 22.8. The van der Waals surface area contributed by atoms with E-state index in [1.165, 1.54) is 3.97 Å². The number of ether oxygens (including phenoxy) is 1. The van der Waals surface area contributed by atoms with Gasteiger partial charge in [-0.3, -0.25) is 4.90 Å². The van der Waals surface area contributed by atoms with Crippen LogP contribution in [0.4, 0.5) is 5.69 Å². The van der Waals surface area contributed by atoms with Crippen LogP contribution in [-0.4, -0.2) is 54.5 Å². The monoisotopic (exact) mass is 503 g/mol. The van der Waals surface area contributed by atoms with Gasteiger partial charge in [-0.25, -0.2) is 12.4 Å². The van der Waals surface area contributed by atoms with Gasteiger partial charge < -0.3 is 14.7 Å². The Morgan fingerprint density at radius 1 is 1.00 bits per heavy atom. The predicted molar refractivity (Wildman–Crippen MR) is 139 cm³/mol. The Kier molecular flexibility index (Phi) is 5.84. The molecule has 2 aliphatic heterocycles. The van der Waals surface area contributed by atoms with Gasteiger partial charge in [-0.15, -0.1) is 0 Å². The zero-order chi connectivity index (χ0) is 24.9. The lowest BCUT2D eigenvalue weighted by molar-refractivity contribution is -0.203. The van der Waals surface area contributed by atoms with E-state index in [2.05, 4.69) is 11.0 Å². The lowest BCUT2D eigenvalue weighted by Crippen LogP contribution is -2.58. The molecule has 2 unspecified atom stereocenters. The molecule has 1 fully saturated rings. The normalized spacial score (nSPS) is 18.8. The van der Waals surface area contributed by atoms with E-state index in [0.717, 1.165) is 34.3 Å². The Morgan fingerprint density at radius 2 is 1.78 bits per heavy atom. The minimum absolute atomic E-state index is 0.116. The van der Waals surface area contributed by atoms with E-state index in [9.17, 15) is 13.5 Å². The number of aromatic nitrogens is 1. The molecular formula is C28H29N3O4S. The molecule has 8 heteroatoms. The molecular weight excluding hydrogens is 474 g/mol. The summed E-state index contributed by atoms with van der Waals surface area (Å²) in [7, 11) is -3.72. The summed E-state index contributed by atoms with van der Waals surface area (Å²) < 4.78 is 34.3. The second-order valence-corrected chi connectivity index (χ2v) is 11.4. The van der Waals surface area contributed by atoms with Crippen LogP contribution in [0.5, 0.6) is 0 Å². The number of anilines is 1. The Hall–Kier alpha value is -3.17. The summed E-state index contributed by atoms with van der Waals surface area (Å²) >= 11 is 0. The molecule has 0 amide bonds. The number of aryl methyl sites for hydroxylation is 1. The highest BCUT2D eigenvalue weighted by Crippen LogP contribution is 2.40. The van der Waals surface area contributed by atoms with E-state index in [0.29, 0.717) is 31.6 Å². The maximum atomic E-state index is 13.6. The summed E-state index contributed by atoms with van der Waals surface area (Å²) in [6.07, 6.45) is 1.49. The van der Waals surface area contributed by atoms with Crippen LogP contribution in [-0.2, 0) is 27.8 Å². The average molecular weight is 504 g/mol. The summed E-state index contributed by atoms with van der Waals surface area (Å²) in [5.74, 6) is 0. The van der Waals surface area contributed by atoms with Gasteiger partial charge in [-0.05, 0) is 48.7 Å². The van der Waals surface area contributed by atoms with Gasteiger partial charge >= 0.3 is 0 Å². The lowest BCUT2D eigenvalue weighted by atomic mass is 9.94. The zero-order valence-electron chi connectivity index (χ0n) is 20.1. The number of aliphatic hydroxyl groups is 1. The van der Waals surface area contributed by atoms with Crippen molar-refractivity contribution in [3.63, 3.8) is 0 Å². The maximum Gasteiger partial charge on any atom is 0.268 e. The first-order chi connectivity index (χ1) is 17.4. The third-order valence-corrected chi connectivity index (χ3v) is 8.95. The van der Waals surface area contributed by atoms with Gasteiger partial charge in [0.05, 0.1) is 17.0 Å². The van der Waals surface area contributed by atoms with Crippen LogP contribution in [0.15, 0.2) is 83.9 Å². The number of hydrogen-bond acceptors (Lipinski definition) is 6. The van der Waals surface area contributed by atoms with Crippen LogP contribution in [0, 0.1) is 6.92 Å². The highest BCUT2D eigenvalue weighted by molar-refractivity contribution is 7.90. The Balaban J connectivity index is 1.26. The van der Waals surface area contributed by atoms with Crippen LogP contribution < -0.4 is 4.90 Å². The van der Waals surface area contributed by atoms with E-state index in [1.807, 2.05) is 66.4 Å². The van der Waals surface area contributed by atoms with Crippen molar-refractivity contribution in [3.05, 3.63) is 95.7 Å². The summed E-state index contributed by atoms with van der Waals surface area (Å²) in [4.78, 5) is 4.58. The first kappa shape index (κ1) is 23.2. The highest BCUT2D eigenvalue weighted by atomic mass is 32.2. The number of fused-ring (bicyclic) bond motifs is 2. The van der Waals surface area contributed by atoms with Gasteiger partial charge in [0.2, 0.25) is 6.41 Å². The number of aliphatic hydroxyl groups excluding tert-OH is 1. The Morgan fingerprint density at radius 3 is 2.56 bits per heavy atom. The summed E-state index contributed by atoms with van der Waals surface area (Å²) in [6.45, 7) is 4.29. The number of piperazine rings is 1. The van der Waals surface area contributed by atoms with E-state index < -0.39 is 16.4 Å². The number of rotatable bonds is 6. The molecule has 36 heavy (non-hydrogen) atoms. The number of hydrogen-bond donors (Lipinski definition) is 1. The SMILES string of the molecule is Cc1ccc(S(=O)(=O)n2cc3c4c(cccc42)N2CCN(C(O)OCc4ccccc4)CC2C3)cc1.